The molecule has 0 unspecified atom stereocenters. The lowest BCUT2D eigenvalue weighted by atomic mass is 10.1. The van der Waals surface area contributed by atoms with Gasteiger partial charge in [0.15, 0.2) is 0 Å². The molecule has 0 fully saturated rings. The highest BCUT2D eigenvalue weighted by molar-refractivity contribution is 6.31. The molecule has 2 N–H and O–H groups in total. The summed E-state index contributed by atoms with van der Waals surface area (Å²) in [6, 6.07) is 12.7. The Bertz CT molecular complexity index is 626. The van der Waals surface area contributed by atoms with E-state index in [0.717, 1.165) is 18.5 Å². The first-order chi connectivity index (χ1) is 9.61. The van der Waals surface area contributed by atoms with Gasteiger partial charge in [-0.15, -0.1) is 0 Å². The summed E-state index contributed by atoms with van der Waals surface area (Å²) in [6.45, 7) is 2.11. The summed E-state index contributed by atoms with van der Waals surface area (Å²) < 4.78 is 0. The van der Waals surface area contributed by atoms with E-state index in [2.05, 4.69) is 12.2 Å². The van der Waals surface area contributed by atoms with Gasteiger partial charge in [-0.2, -0.15) is 0 Å². The number of hydrogen-bond acceptors (Lipinski definition) is 2. The lowest BCUT2D eigenvalue weighted by Crippen LogP contribution is -2.04. The van der Waals surface area contributed by atoms with Crippen LogP contribution in [0.3, 0.4) is 0 Å². The second kappa shape index (κ2) is 6.44. The third kappa shape index (κ3) is 3.31. The molecule has 0 saturated heterocycles. The molecular formula is C16H16ClNO2. The number of carbonyl (C=O) groups is 1. The molecule has 0 aromatic heterocycles. The first-order valence-electron chi connectivity index (χ1n) is 6.49. The van der Waals surface area contributed by atoms with Crippen LogP contribution in [0.1, 0.15) is 29.3 Å². The van der Waals surface area contributed by atoms with Crippen LogP contribution in [0.4, 0.5) is 11.4 Å². The highest BCUT2D eigenvalue weighted by Gasteiger charge is 2.12. The second-order valence-corrected chi connectivity index (χ2v) is 4.96. The molecular weight excluding hydrogens is 274 g/mol. The van der Waals surface area contributed by atoms with Crippen molar-refractivity contribution in [3.8, 4) is 0 Å². The Hall–Kier alpha value is -2.00. The molecule has 0 heterocycles. The first-order valence-corrected chi connectivity index (χ1v) is 6.87. The average molecular weight is 290 g/mol. The van der Waals surface area contributed by atoms with Crippen LogP contribution >= 0.6 is 11.6 Å². The van der Waals surface area contributed by atoms with E-state index < -0.39 is 5.97 Å². The van der Waals surface area contributed by atoms with Gasteiger partial charge >= 0.3 is 5.97 Å². The fraction of sp³-hybridized carbons (Fsp3) is 0.188. The van der Waals surface area contributed by atoms with Crippen molar-refractivity contribution >= 4 is 28.9 Å². The maximum Gasteiger partial charge on any atom is 0.337 e. The summed E-state index contributed by atoms with van der Waals surface area (Å²) in [5, 5.41) is 12.8. The summed E-state index contributed by atoms with van der Waals surface area (Å²) in [7, 11) is 0. The van der Waals surface area contributed by atoms with Crippen LogP contribution in [-0.2, 0) is 6.42 Å². The Kier molecular flexibility index (Phi) is 4.64. The number of aryl methyl sites for hydroxylation is 1. The molecule has 3 nitrogen and oxygen atoms in total. The number of carboxylic acids is 1. The Morgan fingerprint density at radius 2 is 1.95 bits per heavy atom. The molecule has 0 saturated carbocycles. The third-order valence-corrected chi connectivity index (χ3v) is 3.25. The van der Waals surface area contributed by atoms with Gasteiger partial charge in [-0.1, -0.05) is 43.1 Å². The topological polar surface area (TPSA) is 49.3 Å². The van der Waals surface area contributed by atoms with Crippen molar-refractivity contribution in [3.05, 3.63) is 58.6 Å². The minimum Gasteiger partial charge on any atom is -0.478 e. The van der Waals surface area contributed by atoms with Crippen LogP contribution in [0.15, 0.2) is 42.5 Å². The quantitative estimate of drug-likeness (QED) is 0.836. The minimum atomic E-state index is -0.997. The van der Waals surface area contributed by atoms with E-state index in [0.29, 0.717) is 10.7 Å². The minimum absolute atomic E-state index is 0.170. The van der Waals surface area contributed by atoms with E-state index >= 15 is 0 Å². The van der Waals surface area contributed by atoms with Crippen LogP contribution < -0.4 is 5.32 Å². The van der Waals surface area contributed by atoms with Gasteiger partial charge < -0.3 is 10.4 Å². The molecule has 0 aliphatic carbocycles. The predicted octanol–water partition coefficient (Wildman–Crippen LogP) is 4.73. The molecule has 2 aromatic rings. The number of aromatic carboxylic acids is 1. The molecule has 0 aliphatic heterocycles. The fourth-order valence-corrected chi connectivity index (χ4v) is 2.25. The molecule has 104 valence electrons. The van der Waals surface area contributed by atoms with Crippen molar-refractivity contribution in [3.63, 3.8) is 0 Å². The van der Waals surface area contributed by atoms with Crippen LogP contribution in [-0.4, -0.2) is 11.1 Å². The van der Waals surface area contributed by atoms with E-state index in [9.17, 15) is 9.90 Å². The van der Waals surface area contributed by atoms with Gasteiger partial charge in [-0.05, 0) is 36.2 Å². The highest BCUT2D eigenvalue weighted by atomic mass is 35.5. The van der Waals surface area contributed by atoms with Gasteiger partial charge in [-0.3, -0.25) is 0 Å². The lowest BCUT2D eigenvalue weighted by Gasteiger charge is -2.13. The van der Waals surface area contributed by atoms with Gasteiger partial charge in [0.25, 0.3) is 0 Å². The summed E-state index contributed by atoms with van der Waals surface area (Å²) in [5.41, 5.74) is 2.81. The van der Waals surface area contributed by atoms with Crippen molar-refractivity contribution in [2.45, 2.75) is 19.8 Å². The van der Waals surface area contributed by atoms with E-state index in [1.54, 1.807) is 12.1 Å². The predicted molar refractivity (Wildman–Crippen MR) is 82.1 cm³/mol. The smallest absolute Gasteiger partial charge is 0.337 e. The number of para-hydroxylation sites is 1. The summed E-state index contributed by atoms with van der Waals surface area (Å²) in [5.74, 6) is -0.997. The van der Waals surface area contributed by atoms with Crippen molar-refractivity contribution in [2.75, 3.05) is 5.32 Å². The number of benzene rings is 2. The van der Waals surface area contributed by atoms with Crippen LogP contribution in [0.2, 0.25) is 5.02 Å². The van der Waals surface area contributed by atoms with Crippen LogP contribution in [0.25, 0.3) is 0 Å². The van der Waals surface area contributed by atoms with Crippen molar-refractivity contribution in [1.82, 2.24) is 0 Å². The highest BCUT2D eigenvalue weighted by Crippen LogP contribution is 2.26. The van der Waals surface area contributed by atoms with Crippen LogP contribution in [0, 0.1) is 0 Å². The zero-order valence-electron chi connectivity index (χ0n) is 11.2. The van der Waals surface area contributed by atoms with Crippen molar-refractivity contribution in [1.29, 1.82) is 0 Å². The first kappa shape index (κ1) is 14.4. The average Bonchev–Trinajstić information content (AvgIpc) is 2.43. The van der Waals surface area contributed by atoms with Gasteiger partial charge in [0.2, 0.25) is 0 Å². The summed E-state index contributed by atoms with van der Waals surface area (Å²) in [6.07, 6.45) is 1.98. The largest absolute Gasteiger partial charge is 0.478 e. The lowest BCUT2D eigenvalue weighted by molar-refractivity contribution is 0.0698. The monoisotopic (exact) mass is 289 g/mol. The van der Waals surface area contributed by atoms with E-state index in [1.807, 2.05) is 24.3 Å². The number of anilines is 2. The Labute approximate surface area is 123 Å². The summed E-state index contributed by atoms with van der Waals surface area (Å²) >= 11 is 5.85. The maximum absolute atomic E-state index is 11.3. The molecule has 0 atom stereocenters. The number of halogens is 1. The van der Waals surface area contributed by atoms with E-state index in [4.69, 9.17) is 11.6 Å². The SMILES string of the molecule is CCCc1ccccc1Nc1ccc(Cl)cc1C(=O)O. The van der Waals surface area contributed by atoms with Crippen LogP contribution in [0.5, 0.6) is 0 Å². The molecule has 0 spiro atoms. The normalized spacial score (nSPS) is 10.3. The van der Waals surface area contributed by atoms with E-state index in [-0.39, 0.29) is 5.56 Å². The van der Waals surface area contributed by atoms with E-state index in [1.165, 1.54) is 11.6 Å². The fourth-order valence-electron chi connectivity index (χ4n) is 2.08. The van der Waals surface area contributed by atoms with Gasteiger partial charge in [0.1, 0.15) is 0 Å². The standard InChI is InChI=1S/C16H16ClNO2/c1-2-5-11-6-3-4-7-14(11)18-15-9-8-12(17)10-13(15)16(19)20/h3-4,6-10,18H,2,5H2,1H3,(H,19,20). The van der Waals surface area contributed by atoms with Gasteiger partial charge in [0.05, 0.1) is 11.3 Å². The molecule has 4 heteroatoms. The second-order valence-electron chi connectivity index (χ2n) is 4.53. The summed E-state index contributed by atoms with van der Waals surface area (Å²) in [4.78, 5) is 11.3. The zero-order chi connectivity index (χ0) is 14.5. The maximum atomic E-state index is 11.3. The Morgan fingerprint density at radius 1 is 1.20 bits per heavy atom. The Balaban J connectivity index is 2.37. The third-order valence-electron chi connectivity index (χ3n) is 3.02. The number of nitrogens with one attached hydrogen (secondary N) is 1. The molecule has 20 heavy (non-hydrogen) atoms. The molecule has 2 aromatic carbocycles. The Morgan fingerprint density at radius 3 is 2.65 bits per heavy atom. The zero-order valence-corrected chi connectivity index (χ0v) is 11.9. The van der Waals surface area contributed by atoms with Crippen molar-refractivity contribution in [2.24, 2.45) is 0 Å². The number of carboxylic acid groups (broad SMARTS) is 1. The molecule has 0 bridgehead atoms. The molecule has 0 radical (unpaired) electrons. The van der Waals surface area contributed by atoms with Crippen molar-refractivity contribution < 1.29 is 9.90 Å². The molecule has 0 amide bonds. The number of rotatable bonds is 5. The molecule has 0 aliphatic rings. The van der Waals surface area contributed by atoms with Gasteiger partial charge in [0, 0.05) is 10.7 Å². The number of hydrogen-bond donors (Lipinski definition) is 2. The molecule has 2 rings (SSSR count). The van der Waals surface area contributed by atoms with Gasteiger partial charge in [-0.25, -0.2) is 4.79 Å².